The van der Waals surface area contributed by atoms with E-state index in [0.717, 1.165) is 31.1 Å². The van der Waals surface area contributed by atoms with Gasteiger partial charge in [-0.15, -0.1) is 24.0 Å². The molecule has 1 amide bonds. The Bertz CT molecular complexity index is 856. The Morgan fingerprint density at radius 2 is 1.84 bits per heavy atom. The summed E-state index contributed by atoms with van der Waals surface area (Å²) in [5.74, 6) is 1.35. The number of para-hydroxylation sites is 1. The van der Waals surface area contributed by atoms with Gasteiger partial charge in [-0.25, -0.2) is 4.99 Å². The number of aliphatic imine (C=N–C) groups is 1. The quantitative estimate of drug-likeness (QED) is 0.252. The monoisotopic (exact) mass is 551 g/mol. The first-order valence-corrected chi connectivity index (χ1v) is 10.9. The SMILES string of the molecule is CCNC(=NCC(=O)Nc1ccccc1)NCC(c1cccc(OC)c1)N1CCCC1.I. The van der Waals surface area contributed by atoms with Crippen LogP contribution in [0.1, 0.15) is 31.4 Å². The second kappa shape index (κ2) is 13.9. The topological polar surface area (TPSA) is 78.0 Å². The zero-order chi connectivity index (χ0) is 21.9. The zero-order valence-corrected chi connectivity index (χ0v) is 21.2. The molecule has 0 saturated carbocycles. The summed E-state index contributed by atoms with van der Waals surface area (Å²) in [7, 11) is 1.69. The number of amides is 1. The fourth-order valence-electron chi connectivity index (χ4n) is 3.77. The molecule has 1 saturated heterocycles. The molecule has 1 unspecified atom stereocenters. The number of guanidine groups is 1. The van der Waals surface area contributed by atoms with E-state index in [-0.39, 0.29) is 42.5 Å². The molecule has 3 rings (SSSR count). The van der Waals surface area contributed by atoms with Crippen LogP contribution in [0.3, 0.4) is 0 Å². The molecule has 0 aliphatic carbocycles. The average molecular weight is 551 g/mol. The summed E-state index contributed by atoms with van der Waals surface area (Å²) in [5, 5.41) is 9.53. The highest BCUT2D eigenvalue weighted by atomic mass is 127. The van der Waals surface area contributed by atoms with Gasteiger partial charge in [0.2, 0.25) is 5.91 Å². The third-order valence-corrected chi connectivity index (χ3v) is 5.31. The van der Waals surface area contributed by atoms with E-state index in [0.29, 0.717) is 12.5 Å². The van der Waals surface area contributed by atoms with E-state index in [1.54, 1.807) is 7.11 Å². The van der Waals surface area contributed by atoms with Crippen LogP contribution >= 0.6 is 24.0 Å². The summed E-state index contributed by atoms with van der Waals surface area (Å²) in [6.45, 7) is 5.64. The van der Waals surface area contributed by atoms with Crippen molar-refractivity contribution in [1.82, 2.24) is 15.5 Å². The summed E-state index contributed by atoms with van der Waals surface area (Å²) in [4.78, 5) is 19.2. The lowest BCUT2D eigenvalue weighted by atomic mass is 10.1. The van der Waals surface area contributed by atoms with Crippen molar-refractivity contribution >= 4 is 41.5 Å². The first kappa shape index (κ1) is 25.9. The van der Waals surface area contributed by atoms with E-state index in [4.69, 9.17) is 4.74 Å². The van der Waals surface area contributed by atoms with E-state index in [9.17, 15) is 4.79 Å². The number of benzene rings is 2. The van der Waals surface area contributed by atoms with Crippen molar-refractivity contribution in [1.29, 1.82) is 0 Å². The minimum Gasteiger partial charge on any atom is -0.497 e. The Hall–Kier alpha value is -2.33. The molecule has 8 heteroatoms. The first-order chi connectivity index (χ1) is 15.2. The van der Waals surface area contributed by atoms with Crippen molar-refractivity contribution in [2.24, 2.45) is 4.99 Å². The van der Waals surface area contributed by atoms with Gasteiger partial charge in [-0.05, 0) is 62.7 Å². The molecular formula is C24H34IN5O2. The van der Waals surface area contributed by atoms with Gasteiger partial charge in [0.15, 0.2) is 5.96 Å². The van der Waals surface area contributed by atoms with Crippen molar-refractivity contribution < 1.29 is 9.53 Å². The molecule has 7 nitrogen and oxygen atoms in total. The summed E-state index contributed by atoms with van der Waals surface area (Å²) >= 11 is 0. The highest BCUT2D eigenvalue weighted by Crippen LogP contribution is 2.27. The van der Waals surface area contributed by atoms with Crippen LogP contribution in [0.2, 0.25) is 0 Å². The summed E-state index contributed by atoms with van der Waals surface area (Å²) in [6.07, 6.45) is 2.43. The summed E-state index contributed by atoms with van der Waals surface area (Å²) in [6, 6.07) is 17.9. The highest BCUT2D eigenvalue weighted by molar-refractivity contribution is 14.0. The van der Waals surface area contributed by atoms with Crippen molar-refractivity contribution in [3.63, 3.8) is 0 Å². The lowest BCUT2D eigenvalue weighted by Gasteiger charge is -2.29. The number of ether oxygens (including phenoxy) is 1. The Labute approximate surface area is 208 Å². The molecule has 2 aromatic rings. The van der Waals surface area contributed by atoms with Gasteiger partial charge in [0.05, 0.1) is 13.2 Å². The number of likely N-dealkylation sites (tertiary alicyclic amines) is 1. The van der Waals surface area contributed by atoms with Gasteiger partial charge in [-0.3, -0.25) is 9.69 Å². The molecule has 1 fully saturated rings. The minimum atomic E-state index is -0.146. The van der Waals surface area contributed by atoms with Crippen LogP contribution in [0.25, 0.3) is 0 Å². The number of nitrogens with one attached hydrogen (secondary N) is 3. The van der Waals surface area contributed by atoms with E-state index < -0.39 is 0 Å². The van der Waals surface area contributed by atoms with Gasteiger partial charge in [0, 0.05) is 18.8 Å². The maximum absolute atomic E-state index is 12.3. The Morgan fingerprint density at radius 1 is 1.09 bits per heavy atom. The number of carbonyl (C=O) groups excluding carboxylic acids is 1. The standard InChI is InChI=1S/C24H33N5O2.HI/c1-3-25-24(27-18-23(30)28-20-11-5-4-6-12-20)26-17-22(29-14-7-8-15-29)19-10-9-13-21(16-19)31-2;/h4-6,9-13,16,22H,3,7-8,14-15,17-18H2,1-2H3,(H,28,30)(H2,25,26,27);1H. The molecule has 3 N–H and O–H groups in total. The zero-order valence-electron chi connectivity index (χ0n) is 18.8. The number of halogens is 1. The van der Waals surface area contributed by atoms with Crippen molar-refractivity contribution in [3.05, 3.63) is 60.2 Å². The van der Waals surface area contributed by atoms with E-state index in [2.05, 4.69) is 38.0 Å². The van der Waals surface area contributed by atoms with Crippen molar-refractivity contribution in [2.75, 3.05) is 45.2 Å². The molecule has 1 aliphatic rings. The second-order valence-corrected chi connectivity index (χ2v) is 7.53. The normalized spacial score (nSPS) is 14.9. The Kier molecular flexibility index (Phi) is 11.3. The van der Waals surface area contributed by atoms with Crippen LogP contribution in [-0.4, -0.2) is 56.6 Å². The molecule has 0 bridgehead atoms. The van der Waals surface area contributed by atoms with Crippen molar-refractivity contribution in [3.8, 4) is 5.75 Å². The van der Waals surface area contributed by atoms with Crippen LogP contribution in [0, 0.1) is 0 Å². The average Bonchev–Trinajstić information content (AvgIpc) is 3.33. The van der Waals surface area contributed by atoms with Crippen LogP contribution in [0.15, 0.2) is 59.6 Å². The number of carbonyl (C=O) groups is 1. The molecule has 174 valence electrons. The third-order valence-electron chi connectivity index (χ3n) is 5.31. The lowest BCUT2D eigenvalue weighted by molar-refractivity contribution is -0.114. The second-order valence-electron chi connectivity index (χ2n) is 7.53. The van der Waals surface area contributed by atoms with E-state index >= 15 is 0 Å². The number of rotatable bonds is 9. The molecule has 0 radical (unpaired) electrons. The number of nitrogens with zero attached hydrogens (tertiary/aromatic N) is 2. The van der Waals surface area contributed by atoms with Gasteiger partial charge >= 0.3 is 0 Å². The first-order valence-electron chi connectivity index (χ1n) is 10.9. The van der Waals surface area contributed by atoms with Gasteiger partial charge in [0.1, 0.15) is 12.3 Å². The fourth-order valence-corrected chi connectivity index (χ4v) is 3.77. The number of hydrogen-bond acceptors (Lipinski definition) is 4. The number of anilines is 1. The molecule has 1 heterocycles. The minimum absolute atomic E-state index is 0. The van der Waals surface area contributed by atoms with Gasteiger partial charge in [-0.2, -0.15) is 0 Å². The molecular weight excluding hydrogens is 517 g/mol. The molecule has 0 spiro atoms. The van der Waals surface area contributed by atoms with Gasteiger partial charge < -0.3 is 20.7 Å². The smallest absolute Gasteiger partial charge is 0.246 e. The summed E-state index contributed by atoms with van der Waals surface area (Å²) in [5.41, 5.74) is 1.99. The Morgan fingerprint density at radius 3 is 2.53 bits per heavy atom. The van der Waals surface area contributed by atoms with E-state index in [1.165, 1.54) is 18.4 Å². The summed E-state index contributed by atoms with van der Waals surface area (Å²) < 4.78 is 5.43. The number of hydrogen-bond donors (Lipinski definition) is 3. The molecule has 2 aromatic carbocycles. The van der Waals surface area contributed by atoms with Crippen LogP contribution in [-0.2, 0) is 4.79 Å². The third kappa shape index (κ3) is 7.98. The fraction of sp³-hybridized carbons (Fsp3) is 0.417. The maximum Gasteiger partial charge on any atom is 0.246 e. The van der Waals surface area contributed by atoms with Crippen LogP contribution in [0.4, 0.5) is 5.69 Å². The molecule has 1 atom stereocenters. The van der Waals surface area contributed by atoms with E-state index in [1.807, 2.05) is 49.4 Å². The van der Waals surface area contributed by atoms with Crippen molar-refractivity contribution in [2.45, 2.75) is 25.8 Å². The largest absolute Gasteiger partial charge is 0.497 e. The number of methoxy groups -OCH3 is 1. The molecule has 1 aliphatic heterocycles. The van der Waals surface area contributed by atoms with Gasteiger partial charge in [0.25, 0.3) is 0 Å². The van der Waals surface area contributed by atoms with Crippen LogP contribution < -0.4 is 20.7 Å². The molecule has 0 aromatic heterocycles. The predicted molar refractivity (Wildman–Crippen MR) is 141 cm³/mol. The van der Waals surface area contributed by atoms with Crippen LogP contribution in [0.5, 0.6) is 5.75 Å². The van der Waals surface area contributed by atoms with Gasteiger partial charge in [-0.1, -0.05) is 30.3 Å². The lowest BCUT2D eigenvalue weighted by Crippen LogP contribution is -2.43. The predicted octanol–water partition coefficient (Wildman–Crippen LogP) is 3.64. The maximum atomic E-state index is 12.3. The Balaban J connectivity index is 0.00000363. The highest BCUT2D eigenvalue weighted by Gasteiger charge is 2.24. The molecule has 32 heavy (non-hydrogen) atoms.